The van der Waals surface area contributed by atoms with Crippen LogP contribution in [0.4, 0.5) is 0 Å². The van der Waals surface area contributed by atoms with Crippen LogP contribution in [-0.4, -0.2) is 16.7 Å². The van der Waals surface area contributed by atoms with Crippen molar-refractivity contribution < 1.29 is 4.74 Å². The lowest BCUT2D eigenvalue weighted by Crippen LogP contribution is -2.27. The Morgan fingerprint density at radius 2 is 1.80 bits per heavy atom. The molecule has 0 fully saturated rings. The third-order valence-electron chi connectivity index (χ3n) is 4.94. The van der Waals surface area contributed by atoms with E-state index in [2.05, 4.69) is 0 Å². The first kappa shape index (κ1) is 18.7. The predicted molar refractivity (Wildman–Crippen MR) is 123 cm³/mol. The van der Waals surface area contributed by atoms with E-state index in [0.717, 1.165) is 20.9 Å². The number of nitrogens with zero attached hydrogens (tertiary/aromatic N) is 2. The van der Waals surface area contributed by atoms with Gasteiger partial charge in [-0.3, -0.25) is 14.2 Å². The first-order chi connectivity index (χ1) is 14.7. The topological polar surface area (TPSA) is 61.2 Å². The average Bonchev–Trinajstić information content (AvgIpc) is 3.31. The number of rotatable bonds is 4. The molecule has 0 N–H and O–H groups in total. The van der Waals surface area contributed by atoms with Crippen molar-refractivity contribution in [2.24, 2.45) is 0 Å². The van der Waals surface area contributed by atoms with Crippen LogP contribution in [0.3, 0.4) is 0 Å². The zero-order chi connectivity index (χ0) is 20.7. The summed E-state index contributed by atoms with van der Waals surface area (Å²) in [4.78, 5) is 32.8. The van der Waals surface area contributed by atoms with Crippen molar-refractivity contribution in [3.05, 3.63) is 92.2 Å². The Bertz CT molecular complexity index is 1480. The molecule has 3 heterocycles. The molecular weight excluding hydrogens is 416 g/mol. The lowest BCUT2D eigenvalue weighted by Gasteiger charge is -2.13. The van der Waals surface area contributed by atoms with Gasteiger partial charge in [0.25, 0.3) is 5.56 Å². The maximum atomic E-state index is 13.5. The van der Waals surface area contributed by atoms with Crippen molar-refractivity contribution >= 4 is 43.0 Å². The van der Waals surface area contributed by atoms with Crippen LogP contribution in [-0.2, 0) is 6.54 Å². The zero-order valence-electron chi connectivity index (χ0n) is 16.0. The molecule has 3 aromatic heterocycles. The number of aromatic nitrogens is 2. The van der Waals surface area contributed by atoms with E-state index < -0.39 is 0 Å². The second kappa shape index (κ2) is 7.51. The molecule has 0 saturated heterocycles. The molecule has 0 radical (unpaired) electrons. The summed E-state index contributed by atoms with van der Waals surface area (Å²) in [5, 5.41) is 2.65. The van der Waals surface area contributed by atoms with Gasteiger partial charge in [0.1, 0.15) is 16.0 Å². The summed E-state index contributed by atoms with van der Waals surface area (Å²) in [6.45, 7) is 0.315. The number of hydrogen-bond donors (Lipinski definition) is 0. The SMILES string of the molecule is COc1ccc(Cn2c(-c3cccs3)nc3sc4ccccc4c(=O)c3c2=O)cc1. The summed E-state index contributed by atoms with van der Waals surface area (Å²) in [6.07, 6.45) is 0. The summed E-state index contributed by atoms with van der Waals surface area (Å²) in [5.74, 6) is 1.32. The molecule has 0 amide bonds. The van der Waals surface area contributed by atoms with E-state index in [1.807, 2.05) is 60.0 Å². The van der Waals surface area contributed by atoms with Crippen LogP contribution in [0.2, 0.25) is 0 Å². The van der Waals surface area contributed by atoms with Gasteiger partial charge in [0, 0.05) is 10.1 Å². The summed E-state index contributed by atoms with van der Waals surface area (Å²) in [7, 11) is 1.61. The van der Waals surface area contributed by atoms with E-state index in [9.17, 15) is 9.59 Å². The fraction of sp³-hybridized carbons (Fsp3) is 0.0870. The minimum absolute atomic E-state index is 0.146. The minimum Gasteiger partial charge on any atom is -0.497 e. The first-order valence-electron chi connectivity index (χ1n) is 9.29. The van der Waals surface area contributed by atoms with Gasteiger partial charge in [-0.15, -0.1) is 22.7 Å². The Balaban J connectivity index is 1.80. The van der Waals surface area contributed by atoms with Crippen LogP contribution in [0.15, 0.2) is 75.6 Å². The van der Waals surface area contributed by atoms with Crippen molar-refractivity contribution in [2.45, 2.75) is 6.54 Å². The van der Waals surface area contributed by atoms with Gasteiger partial charge in [0.05, 0.1) is 18.5 Å². The quantitative estimate of drug-likeness (QED) is 0.384. The monoisotopic (exact) mass is 432 g/mol. The molecule has 5 rings (SSSR count). The van der Waals surface area contributed by atoms with Gasteiger partial charge in [0.15, 0.2) is 5.82 Å². The maximum absolute atomic E-state index is 13.5. The molecule has 0 aliphatic rings. The Labute approximate surface area is 179 Å². The third-order valence-corrected chi connectivity index (χ3v) is 6.87. The van der Waals surface area contributed by atoms with Gasteiger partial charge < -0.3 is 4.74 Å². The highest BCUT2D eigenvalue weighted by Crippen LogP contribution is 2.27. The molecule has 0 spiro atoms. The fourth-order valence-corrected chi connectivity index (χ4v) is 5.20. The molecule has 2 aromatic carbocycles. The van der Waals surface area contributed by atoms with Gasteiger partial charge in [-0.05, 0) is 41.3 Å². The van der Waals surface area contributed by atoms with Crippen LogP contribution in [0.25, 0.3) is 31.0 Å². The molecule has 0 aliphatic heterocycles. The van der Waals surface area contributed by atoms with Crippen molar-refractivity contribution in [1.29, 1.82) is 0 Å². The molecule has 0 aliphatic carbocycles. The third kappa shape index (κ3) is 3.12. The number of benzene rings is 2. The molecule has 7 heteroatoms. The van der Waals surface area contributed by atoms with Crippen LogP contribution in [0.5, 0.6) is 5.75 Å². The largest absolute Gasteiger partial charge is 0.497 e. The highest BCUT2D eigenvalue weighted by Gasteiger charge is 2.18. The van der Waals surface area contributed by atoms with Gasteiger partial charge in [-0.25, -0.2) is 4.98 Å². The lowest BCUT2D eigenvalue weighted by molar-refractivity contribution is 0.414. The van der Waals surface area contributed by atoms with Crippen LogP contribution >= 0.6 is 22.7 Å². The molecule has 0 bridgehead atoms. The van der Waals surface area contributed by atoms with Gasteiger partial charge in [-0.1, -0.05) is 30.3 Å². The summed E-state index contributed by atoms with van der Waals surface area (Å²) in [6, 6.07) is 18.7. The van der Waals surface area contributed by atoms with E-state index in [4.69, 9.17) is 9.72 Å². The number of fused-ring (bicyclic) bond motifs is 2. The number of thiophene rings is 1. The maximum Gasteiger partial charge on any atom is 0.266 e. The average molecular weight is 433 g/mol. The van der Waals surface area contributed by atoms with Crippen molar-refractivity contribution in [3.63, 3.8) is 0 Å². The fourth-order valence-electron chi connectivity index (χ4n) is 3.44. The van der Waals surface area contributed by atoms with Gasteiger partial charge in [0.2, 0.25) is 5.43 Å². The Morgan fingerprint density at radius 3 is 2.53 bits per heavy atom. The van der Waals surface area contributed by atoms with Crippen molar-refractivity contribution in [1.82, 2.24) is 9.55 Å². The van der Waals surface area contributed by atoms with E-state index in [1.165, 1.54) is 22.7 Å². The molecule has 5 nitrogen and oxygen atoms in total. The standard InChI is InChI=1S/C23H16N2O3S2/c1-28-15-10-8-14(9-11-15)13-25-21(18-7-4-12-29-18)24-22-19(23(25)27)20(26)16-5-2-3-6-17(16)30-22/h2-12H,13H2,1H3. The van der Waals surface area contributed by atoms with E-state index >= 15 is 0 Å². The smallest absolute Gasteiger partial charge is 0.266 e. The molecule has 30 heavy (non-hydrogen) atoms. The Kier molecular flexibility index (Phi) is 4.69. The Morgan fingerprint density at radius 1 is 1.00 bits per heavy atom. The summed E-state index contributed by atoms with van der Waals surface area (Å²) in [5.41, 5.74) is 0.345. The van der Waals surface area contributed by atoms with E-state index in [1.54, 1.807) is 17.7 Å². The molecular formula is C23H16N2O3S2. The molecule has 0 saturated carbocycles. The molecule has 5 aromatic rings. The van der Waals surface area contributed by atoms with Crippen LogP contribution in [0, 0.1) is 0 Å². The molecule has 148 valence electrons. The predicted octanol–water partition coefficient (Wildman–Crippen LogP) is 4.76. The number of hydrogen-bond acceptors (Lipinski definition) is 6. The normalized spacial score (nSPS) is 11.2. The van der Waals surface area contributed by atoms with Crippen molar-refractivity contribution in [3.8, 4) is 16.5 Å². The van der Waals surface area contributed by atoms with E-state index in [0.29, 0.717) is 22.6 Å². The number of ether oxygens (including phenoxy) is 1. The van der Waals surface area contributed by atoms with Crippen LogP contribution in [0.1, 0.15) is 5.56 Å². The first-order valence-corrected chi connectivity index (χ1v) is 11.0. The van der Waals surface area contributed by atoms with Crippen molar-refractivity contribution in [2.75, 3.05) is 7.11 Å². The lowest BCUT2D eigenvalue weighted by atomic mass is 10.2. The number of methoxy groups -OCH3 is 1. The highest BCUT2D eigenvalue weighted by atomic mass is 32.1. The highest BCUT2D eigenvalue weighted by molar-refractivity contribution is 7.24. The van der Waals surface area contributed by atoms with Crippen LogP contribution < -0.4 is 15.7 Å². The minimum atomic E-state index is -0.314. The zero-order valence-corrected chi connectivity index (χ0v) is 17.6. The van der Waals surface area contributed by atoms with Gasteiger partial charge in [-0.2, -0.15) is 0 Å². The van der Waals surface area contributed by atoms with E-state index in [-0.39, 0.29) is 16.4 Å². The summed E-state index contributed by atoms with van der Waals surface area (Å²) < 4.78 is 7.64. The second-order valence-corrected chi connectivity index (χ2v) is 8.74. The molecule has 0 unspecified atom stereocenters. The van der Waals surface area contributed by atoms with Gasteiger partial charge >= 0.3 is 0 Å². The second-order valence-electron chi connectivity index (χ2n) is 6.76. The molecule has 0 atom stereocenters. The Hall–Kier alpha value is -3.29. The summed E-state index contributed by atoms with van der Waals surface area (Å²) >= 11 is 2.89.